The Labute approximate surface area is 109 Å². The Kier molecular flexibility index (Phi) is 2.12. The summed E-state index contributed by atoms with van der Waals surface area (Å²) in [6.07, 6.45) is 1.40. The third-order valence-electron chi connectivity index (χ3n) is 4.35. The van der Waals surface area contributed by atoms with Gasteiger partial charge in [-0.3, -0.25) is 9.59 Å². The van der Waals surface area contributed by atoms with Crippen molar-refractivity contribution in [1.82, 2.24) is 0 Å². The Morgan fingerprint density at radius 2 is 1.74 bits per heavy atom. The van der Waals surface area contributed by atoms with E-state index in [-0.39, 0.29) is 35.9 Å². The van der Waals surface area contributed by atoms with Gasteiger partial charge in [0.2, 0.25) is 11.8 Å². The fourth-order valence-corrected chi connectivity index (χ4v) is 3.58. The second-order valence-corrected chi connectivity index (χ2v) is 5.33. The molecule has 19 heavy (non-hydrogen) atoms. The largest absolute Gasteiger partial charge is 0.373 e. The van der Waals surface area contributed by atoms with E-state index in [0.717, 1.165) is 17.7 Å². The van der Waals surface area contributed by atoms with Crippen molar-refractivity contribution in [2.75, 3.05) is 4.90 Å². The van der Waals surface area contributed by atoms with Gasteiger partial charge < -0.3 is 4.74 Å². The fraction of sp³-hybridized carbons (Fsp3) is 0.429. The van der Waals surface area contributed by atoms with Gasteiger partial charge in [-0.05, 0) is 31.0 Å². The molecule has 2 amide bonds. The van der Waals surface area contributed by atoms with Gasteiger partial charge in [-0.15, -0.1) is 0 Å². The van der Waals surface area contributed by atoms with Crippen molar-refractivity contribution >= 4 is 17.5 Å². The first-order chi connectivity index (χ1) is 9.16. The van der Waals surface area contributed by atoms with Gasteiger partial charge in [-0.1, -0.05) is 6.07 Å². The average molecular weight is 261 g/mol. The molecule has 0 spiro atoms. The number of amides is 2. The van der Waals surface area contributed by atoms with E-state index in [9.17, 15) is 14.0 Å². The van der Waals surface area contributed by atoms with Gasteiger partial charge in [0, 0.05) is 0 Å². The summed E-state index contributed by atoms with van der Waals surface area (Å²) in [4.78, 5) is 25.9. The number of halogens is 1. The zero-order chi connectivity index (χ0) is 13.1. The van der Waals surface area contributed by atoms with E-state index in [1.165, 1.54) is 18.2 Å². The standard InChI is InChI=1S/C14H12FNO3/c15-7-2-1-3-8(6-7)16-13(17)11-9-4-5-10(19-9)12(11)14(16)18/h1-3,6,9-12H,4-5H2/t9-,10-,11-,12-/m1/s1. The van der Waals surface area contributed by atoms with Crippen LogP contribution in [0.15, 0.2) is 24.3 Å². The van der Waals surface area contributed by atoms with Crippen LogP contribution < -0.4 is 4.90 Å². The molecule has 0 aliphatic carbocycles. The van der Waals surface area contributed by atoms with Crippen molar-refractivity contribution < 1.29 is 18.7 Å². The number of carbonyl (C=O) groups is 2. The van der Waals surface area contributed by atoms with E-state index in [2.05, 4.69) is 0 Å². The van der Waals surface area contributed by atoms with Crippen molar-refractivity contribution in [2.45, 2.75) is 25.0 Å². The number of ether oxygens (including phenoxy) is 1. The van der Waals surface area contributed by atoms with Gasteiger partial charge in [-0.25, -0.2) is 9.29 Å². The van der Waals surface area contributed by atoms with Gasteiger partial charge in [0.15, 0.2) is 0 Å². The number of benzene rings is 1. The van der Waals surface area contributed by atoms with Gasteiger partial charge in [0.1, 0.15) is 5.82 Å². The lowest BCUT2D eigenvalue weighted by Crippen LogP contribution is -2.34. The first-order valence-electron chi connectivity index (χ1n) is 6.45. The minimum atomic E-state index is -0.450. The van der Waals surface area contributed by atoms with Crippen molar-refractivity contribution in [2.24, 2.45) is 11.8 Å². The lowest BCUT2D eigenvalue weighted by molar-refractivity contribution is -0.124. The highest BCUT2D eigenvalue weighted by atomic mass is 19.1. The Morgan fingerprint density at radius 3 is 2.32 bits per heavy atom. The molecule has 4 nitrogen and oxygen atoms in total. The van der Waals surface area contributed by atoms with Crippen LogP contribution in [0.5, 0.6) is 0 Å². The van der Waals surface area contributed by atoms with Gasteiger partial charge in [0.05, 0.1) is 29.7 Å². The zero-order valence-electron chi connectivity index (χ0n) is 10.1. The molecule has 0 aromatic heterocycles. The number of nitrogens with zero attached hydrogens (tertiary/aromatic N) is 1. The highest BCUT2D eigenvalue weighted by Crippen LogP contribution is 2.49. The van der Waals surface area contributed by atoms with Crippen molar-refractivity contribution in [3.8, 4) is 0 Å². The van der Waals surface area contributed by atoms with Crippen LogP contribution in [0.25, 0.3) is 0 Å². The van der Waals surface area contributed by atoms with Gasteiger partial charge in [0.25, 0.3) is 0 Å². The van der Waals surface area contributed by atoms with Crippen LogP contribution in [0.2, 0.25) is 0 Å². The molecular formula is C14H12FNO3. The molecule has 3 saturated heterocycles. The lowest BCUT2D eigenvalue weighted by Gasteiger charge is -2.17. The summed E-state index contributed by atoms with van der Waals surface area (Å²) in [5, 5.41) is 0. The maximum absolute atomic E-state index is 13.3. The van der Waals surface area contributed by atoms with Crippen LogP contribution in [-0.4, -0.2) is 24.0 Å². The van der Waals surface area contributed by atoms with Crippen LogP contribution in [-0.2, 0) is 14.3 Å². The minimum Gasteiger partial charge on any atom is -0.373 e. The zero-order valence-corrected chi connectivity index (χ0v) is 10.1. The number of carbonyl (C=O) groups excluding carboxylic acids is 2. The molecular weight excluding hydrogens is 249 g/mol. The summed E-state index contributed by atoms with van der Waals surface area (Å²) >= 11 is 0. The lowest BCUT2D eigenvalue weighted by atomic mass is 9.81. The fourth-order valence-electron chi connectivity index (χ4n) is 3.58. The Balaban J connectivity index is 1.75. The molecule has 0 radical (unpaired) electrons. The maximum atomic E-state index is 13.3. The van der Waals surface area contributed by atoms with Crippen molar-refractivity contribution in [3.05, 3.63) is 30.1 Å². The van der Waals surface area contributed by atoms with E-state index in [1.807, 2.05) is 0 Å². The summed E-state index contributed by atoms with van der Waals surface area (Å²) in [6, 6.07) is 5.61. The maximum Gasteiger partial charge on any atom is 0.240 e. The van der Waals surface area contributed by atoms with E-state index in [0.29, 0.717) is 5.69 Å². The molecule has 0 saturated carbocycles. The number of hydrogen-bond acceptors (Lipinski definition) is 3. The number of fused-ring (bicyclic) bond motifs is 5. The highest BCUT2D eigenvalue weighted by Gasteiger charge is 2.62. The minimum absolute atomic E-state index is 0.134. The van der Waals surface area contributed by atoms with Crippen LogP contribution >= 0.6 is 0 Å². The summed E-state index contributed by atoms with van der Waals surface area (Å²) in [5.74, 6) is -1.67. The van der Waals surface area contributed by atoms with Crippen LogP contribution in [0.1, 0.15) is 12.8 Å². The molecule has 3 fully saturated rings. The molecule has 4 atom stereocenters. The van der Waals surface area contributed by atoms with Gasteiger partial charge in [-0.2, -0.15) is 0 Å². The summed E-state index contributed by atoms with van der Waals surface area (Å²) in [6.45, 7) is 0. The van der Waals surface area contributed by atoms with Crippen molar-refractivity contribution in [3.63, 3.8) is 0 Å². The second kappa shape index (κ2) is 3.63. The Hall–Kier alpha value is -1.75. The molecule has 98 valence electrons. The predicted octanol–water partition coefficient (Wildman–Crippen LogP) is 1.49. The summed E-state index contributed by atoms with van der Waals surface area (Å²) in [7, 11) is 0. The van der Waals surface area contributed by atoms with Crippen LogP contribution in [0.3, 0.4) is 0 Å². The molecule has 1 aromatic rings. The van der Waals surface area contributed by atoms with Crippen molar-refractivity contribution in [1.29, 1.82) is 0 Å². The molecule has 0 unspecified atom stereocenters. The monoisotopic (exact) mass is 261 g/mol. The quantitative estimate of drug-likeness (QED) is 0.720. The molecule has 3 heterocycles. The normalized spacial score (nSPS) is 36.2. The van der Waals surface area contributed by atoms with Crippen LogP contribution in [0, 0.1) is 17.7 Å². The molecule has 3 aliphatic heterocycles. The molecule has 5 heteroatoms. The number of hydrogen-bond donors (Lipinski definition) is 0. The average Bonchev–Trinajstić information content (AvgIpc) is 3.04. The second-order valence-electron chi connectivity index (χ2n) is 5.33. The first kappa shape index (κ1) is 11.1. The SMILES string of the molecule is O=C1[C@H]2[C@H](C(=O)N1c1cccc(F)c1)[C@H]1CC[C@H]2O1. The number of imide groups is 1. The van der Waals surface area contributed by atoms with E-state index in [4.69, 9.17) is 4.74 Å². The highest BCUT2D eigenvalue weighted by molar-refractivity contribution is 6.22. The van der Waals surface area contributed by atoms with E-state index >= 15 is 0 Å². The summed E-state index contributed by atoms with van der Waals surface area (Å²) < 4.78 is 18.9. The topological polar surface area (TPSA) is 46.6 Å². The molecule has 1 aromatic carbocycles. The van der Waals surface area contributed by atoms with Crippen LogP contribution in [0.4, 0.5) is 10.1 Å². The number of rotatable bonds is 1. The Morgan fingerprint density at radius 1 is 1.11 bits per heavy atom. The third-order valence-corrected chi connectivity index (χ3v) is 4.35. The molecule has 3 aliphatic rings. The summed E-state index contributed by atoms with van der Waals surface area (Å²) in [5.41, 5.74) is 0.323. The van der Waals surface area contributed by atoms with Gasteiger partial charge >= 0.3 is 0 Å². The first-order valence-corrected chi connectivity index (χ1v) is 6.45. The van der Waals surface area contributed by atoms with E-state index in [1.54, 1.807) is 6.07 Å². The van der Waals surface area contributed by atoms with E-state index < -0.39 is 5.82 Å². The molecule has 4 rings (SSSR count). The molecule has 2 bridgehead atoms. The predicted molar refractivity (Wildman–Crippen MR) is 63.8 cm³/mol. The Bertz CT molecular complexity index is 560. The number of anilines is 1. The molecule has 0 N–H and O–H groups in total. The smallest absolute Gasteiger partial charge is 0.240 e. The third kappa shape index (κ3) is 1.36.